The van der Waals surface area contributed by atoms with Gasteiger partial charge in [0.15, 0.2) is 0 Å². The lowest BCUT2D eigenvalue weighted by Crippen LogP contribution is -2.35. The fourth-order valence-electron chi connectivity index (χ4n) is 1.55. The van der Waals surface area contributed by atoms with Crippen LogP contribution in [0.15, 0.2) is 23.1 Å². The Bertz CT molecular complexity index is 575. The predicted octanol–water partition coefficient (Wildman–Crippen LogP) is 2.45. The summed E-state index contributed by atoms with van der Waals surface area (Å²) in [6.07, 6.45) is -5.73. The monoisotopic (exact) mass is 331 g/mol. The molecule has 1 rings (SSSR count). The van der Waals surface area contributed by atoms with Crippen LogP contribution in [0.25, 0.3) is 0 Å². The first-order valence-electron chi connectivity index (χ1n) is 5.53. The zero-order valence-electron chi connectivity index (χ0n) is 10.4. The van der Waals surface area contributed by atoms with Crippen molar-refractivity contribution in [2.45, 2.75) is 37.1 Å². The van der Waals surface area contributed by atoms with E-state index in [1.165, 1.54) is 12.1 Å². The predicted molar refractivity (Wildman–Crippen MR) is 67.8 cm³/mol. The highest BCUT2D eigenvalue weighted by Crippen LogP contribution is 2.24. The van der Waals surface area contributed by atoms with Crippen molar-refractivity contribution in [1.82, 2.24) is 4.72 Å². The smallest absolute Gasteiger partial charge is 0.390 e. The van der Waals surface area contributed by atoms with Crippen LogP contribution in [-0.2, 0) is 16.6 Å². The normalized spacial score (nSPS) is 14.3. The van der Waals surface area contributed by atoms with E-state index >= 15 is 0 Å². The van der Waals surface area contributed by atoms with Crippen LogP contribution in [0.3, 0.4) is 0 Å². The van der Waals surface area contributed by atoms with Gasteiger partial charge in [-0.1, -0.05) is 17.7 Å². The molecular formula is C11H13ClF3NO3S. The maximum atomic E-state index is 12.2. The molecule has 0 aromatic heterocycles. The summed E-state index contributed by atoms with van der Waals surface area (Å²) >= 11 is 5.75. The van der Waals surface area contributed by atoms with E-state index in [1.54, 1.807) is 0 Å². The van der Waals surface area contributed by atoms with Crippen LogP contribution < -0.4 is 4.72 Å². The molecule has 1 aromatic rings. The van der Waals surface area contributed by atoms with Gasteiger partial charge in [-0.3, -0.25) is 0 Å². The van der Waals surface area contributed by atoms with Crippen LogP contribution in [0, 0.1) is 0 Å². The molecule has 0 bridgehead atoms. The van der Waals surface area contributed by atoms with Crippen molar-refractivity contribution >= 4 is 21.6 Å². The van der Waals surface area contributed by atoms with Crippen LogP contribution in [0.2, 0.25) is 5.02 Å². The Labute approximate surface area is 119 Å². The Balaban J connectivity index is 2.91. The lowest BCUT2D eigenvalue weighted by Gasteiger charge is -2.16. The summed E-state index contributed by atoms with van der Waals surface area (Å²) in [5.41, 5.74) is 0.328. The molecule has 20 heavy (non-hydrogen) atoms. The maximum absolute atomic E-state index is 12.2. The Morgan fingerprint density at radius 1 is 1.40 bits per heavy atom. The highest BCUT2D eigenvalue weighted by atomic mass is 35.5. The summed E-state index contributed by atoms with van der Waals surface area (Å²) in [6.45, 7) is 0.756. The number of aliphatic hydroxyl groups excluding tert-OH is 1. The largest absolute Gasteiger partial charge is 0.392 e. The second-order valence-electron chi connectivity index (χ2n) is 4.25. The van der Waals surface area contributed by atoms with E-state index in [-0.39, 0.29) is 16.5 Å². The number of rotatable bonds is 5. The molecule has 9 heteroatoms. The molecule has 4 nitrogen and oxygen atoms in total. The number of aliphatic hydroxyl groups is 1. The molecule has 1 aromatic carbocycles. The fourth-order valence-corrected chi connectivity index (χ4v) is 3.12. The van der Waals surface area contributed by atoms with Gasteiger partial charge in [0, 0.05) is 11.1 Å². The second-order valence-corrected chi connectivity index (χ2v) is 6.37. The standard InChI is InChI=1S/C11H13ClF3NO3S/c1-7(5-11(13,14)15)16-20(18,19)9-3-2-8(6-17)10(12)4-9/h2-4,7,16-17H,5-6H2,1H3. The molecule has 1 atom stereocenters. The van der Waals surface area contributed by atoms with E-state index in [0.29, 0.717) is 5.56 Å². The highest BCUT2D eigenvalue weighted by molar-refractivity contribution is 7.89. The maximum Gasteiger partial charge on any atom is 0.390 e. The third kappa shape index (κ3) is 4.93. The average Bonchev–Trinajstić information content (AvgIpc) is 2.25. The molecule has 114 valence electrons. The molecule has 0 aliphatic rings. The number of halogens is 4. The average molecular weight is 332 g/mol. The van der Waals surface area contributed by atoms with Gasteiger partial charge in [0.2, 0.25) is 10.0 Å². The van der Waals surface area contributed by atoms with Gasteiger partial charge in [0.25, 0.3) is 0 Å². The van der Waals surface area contributed by atoms with Crippen molar-refractivity contribution in [1.29, 1.82) is 0 Å². The molecule has 2 N–H and O–H groups in total. The molecule has 0 saturated heterocycles. The molecule has 0 aliphatic carbocycles. The number of sulfonamides is 1. The van der Waals surface area contributed by atoms with Crippen molar-refractivity contribution in [2.24, 2.45) is 0 Å². The van der Waals surface area contributed by atoms with E-state index in [0.717, 1.165) is 13.0 Å². The second kappa shape index (κ2) is 6.30. The highest BCUT2D eigenvalue weighted by Gasteiger charge is 2.32. The summed E-state index contributed by atoms with van der Waals surface area (Å²) in [7, 11) is -4.10. The van der Waals surface area contributed by atoms with Crippen molar-refractivity contribution in [3.05, 3.63) is 28.8 Å². The quantitative estimate of drug-likeness (QED) is 0.871. The van der Waals surface area contributed by atoms with Gasteiger partial charge >= 0.3 is 6.18 Å². The van der Waals surface area contributed by atoms with Crippen LogP contribution >= 0.6 is 11.6 Å². The molecule has 0 radical (unpaired) electrons. The number of hydrogen-bond donors (Lipinski definition) is 2. The minimum Gasteiger partial charge on any atom is -0.392 e. The van der Waals surface area contributed by atoms with Crippen molar-refractivity contribution in [3.8, 4) is 0 Å². The molecule has 0 aliphatic heterocycles. The van der Waals surface area contributed by atoms with Crippen molar-refractivity contribution in [2.75, 3.05) is 0 Å². The van der Waals surface area contributed by atoms with Crippen LogP contribution in [-0.4, -0.2) is 25.7 Å². The SMILES string of the molecule is CC(CC(F)(F)F)NS(=O)(=O)c1ccc(CO)c(Cl)c1. The van der Waals surface area contributed by atoms with Gasteiger partial charge < -0.3 is 5.11 Å². The van der Waals surface area contributed by atoms with E-state index in [2.05, 4.69) is 0 Å². The molecule has 0 fully saturated rings. The van der Waals surface area contributed by atoms with Gasteiger partial charge in [-0.2, -0.15) is 13.2 Å². The van der Waals surface area contributed by atoms with Crippen LogP contribution in [0.4, 0.5) is 13.2 Å². The molecular weight excluding hydrogens is 319 g/mol. The molecule has 0 saturated carbocycles. The number of hydrogen-bond acceptors (Lipinski definition) is 3. The van der Waals surface area contributed by atoms with Gasteiger partial charge in [0.1, 0.15) is 0 Å². The number of benzene rings is 1. The zero-order chi connectivity index (χ0) is 15.6. The molecule has 0 heterocycles. The van der Waals surface area contributed by atoms with Gasteiger partial charge in [-0.05, 0) is 24.6 Å². The molecule has 0 amide bonds. The Morgan fingerprint density at radius 2 is 2.00 bits per heavy atom. The topological polar surface area (TPSA) is 66.4 Å². The van der Waals surface area contributed by atoms with Gasteiger partial charge in [-0.25, -0.2) is 13.1 Å². The molecule has 0 spiro atoms. The summed E-state index contributed by atoms with van der Waals surface area (Å²) in [5.74, 6) is 0. The summed E-state index contributed by atoms with van der Waals surface area (Å²) in [4.78, 5) is -0.256. The Morgan fingerprint density at radius 3 is 2.45 bits per heavy atom. The lowest BCUT2D eigenvalue weighted by molar-refractivity contribution is -0.137. The summed E-state index contributed by atoms with van der Waals surface area (Å²) < 4.78 is 62.2. The number of nitrogens with one attached hydrogen (secondary N) is 1. The van der Waals surface area contributed by atoms with Gasteiger partial charge in [0.05, 0.1) is 17.9 Å². The van der Waals surface area contributed by atoms with Crippen molar-refractivity contribution in [3.63, 3.8) is 0 Å². The minimum absolute atomic E-state index is 0.0267. The lowest BCUT2D eigenvalue weighted by atomic mass is 10.2. The minimum atomic E-state index is -4.46. The third-order valence-electron chi connectivity index (χ3n) is 2.40. The Kier molecular flexibility index (Phi) is 5.42. The zero-order valence-corrected chi connectivity index (χ0v) is 12.0. The van der Waals surface area contributed by atoms with Crippen LogP contribution in [0.1, 0.15) is 18.9 Å². The third-order valence-corrected chi connectivity index (χ3v) is 4.34. The fraction of sp³-hybridized carbons (Fsp3) is 0.455. The summed E-state index contributed by atoms with van der Waals surface area (Å²) in [6, 6.07) is 2.25. The van der Waals surface area contributed by atoms with E-state index in [9.17, 15) is 21.6 Å². The first kappa shape index (κ1) is 17.2. The van der Waals surface area contributed by atoms with E-state index in [1.807, 2.05) is 4.72 Å². The first-order valence-corrected chi connectivity index (χ1v) is 7.39. The number of alkyl halides is 3. The van der Waals surface area contributed by atoms with Crippen LogP contribution in [0.5, 0.6) is 0 Å². The molecule has 1 unspecified atom stereocenters. The van der Waals surface area contributed by atoms with Gasteiger partial charge in [-0.15, -0.1) is 0 Å². The summed E-state index contributed by atoms with van der Waals surface area (Å²) in [5, 5.41) is 8.94. The van der Waals surface area contributed by atoms with E-state index < -0.39 is 28.7 Å². The Hall–Kier alpha value is -0.830. The first-order chi connectivity index (χ1) is 9.05. The van der Waals surface area contributed by atoms with Crippen molar-refractivity contribution < 1.29 is 26.7 Å². The van der Waals surface area contributed by atoms with E-state index in [4.69, 9.17) is 16.7 Å².